The second kappa shape index (κ2) is 6.90. The van der Waals surface area contributed by atoms with Crippen LogP contribution < -0.4 is 0 Å². The van der Waals surface area contributed by atoms with Crippen molar-refractivity contribution < 1.29 is 25.3 Å². The van der Waals surface area contributed by atoms with Gasteiger partial charge in [-0.15, -0.1) is 0 Å². The van der Waals surface area contributed by atoms with E-state index in [1.54, 1.807) is 0 Å². The van der Waals surface area contributed by atoms with Crippen LogP contribution in [0.1, 0.15) is 0 Å². The van der Waals surface area contributed by atoms with E-state index < -0.39 is 29.8 Å². The number of hydrogen-bond acceptors (Lipinski definition) is 7. The highest BCUT2D eigenvalue weighted by molar-refractivity contribution is 5.68. The average molecular weight is 270 g/mol. The summed E-state index contributed by atoms with van der Waals surface area (Å²) in [4.78, 5) is 13.7. The van der Waals surface area contributed by atoms with Gasteiger partial charge in [0.05, 0.1) is 17.2 Å². The normalized spacial score (nSPS) is 16.2. The van der Waals surface area contributed by atoms with E-state index in [0.29, 0.717) is 5.69 Å². The molecule has 0 aliphatic carbocycles. The number of non-ortho nitro benzene ring substituents is 1. The molecule has 0 fully saturated rings. The topological polar surface area (TPSA) is 136 Å². The number of benzene rings is 1. The molecule has 0 amide bonds. The number of rotatable bonds is 6. The van der Waals surface area contributed by atoms with Crippen molar-refractivity contribution in [2.24, 2.45) is 4.99 Å². The molecule has 0 heterocycles. The molecular formula is C11H14N2O6. The SMILES string of the molecule is O=[N+]([O-])c1ccc(N=CC(O)C(O)C(O)CO)cc1. The Hall–Kier alpha value is -1.87. The summed E-state index contributed by atoms with van der Waals surface area (Å²) in [7, 11) is 0. The van der Waals surface area contributed by atoms with E-state index in [9.17, 15) is 20.3 Å². The molecule has 1 aromatic carbocycles. The van der Waals surface area contributed by atoms with Crippen molar-refractivity contribution in [3.05, 3.63) is 34.4 Å². The van der Waals surface area contributed by atoms with Gasteiger partial charge in [0.25, 0.3) is 5.69 Å². The standard InChI is InChI=1S/C11H14N2O6/c14-6-10(16)11(17)9(15)5-12-7-1-3-8(4-2-7)13(18)19/h1-5,9-11,14-17H,6H2. The van der Waals surface area contributed by atoms with Crippen molar-refractivity contribution in [3.63, 3.8) is 0 Å². The van der Waals surface area contributed by atoms with Crippen molar-refractivity contribution in [3.8, 4) is 0 Å². The number of nitro benzene ring substituents is 1. The Morgan fingerprint density at radius 1 is 1.26 bits per heavy atom. The molecule has 0 spiro atoms. The van der Waals surface area contributed by atoms with Crippen LogP contribution in [0.3, 0.4) is 0 Å². The van der Waals surface area contributed by atoms with E-state index in [1.165, 1.54) is 24.3 Å². The molecule has 0 radical (unpaired) electrons. The molecule has 4 N–H and O–H groups in total. The summed E-state index contributed by atoms with van der Waals surface area (Å²) >= 11 is 0. The Morgan fingerprint density at radius 2 is 1.84 bits per heavy atom. The predicted octanol–water partition coefficient (Wildman–Crippen LogP) is -0.628. The van der Waals surface area contributed by atoms with Crippen LogP contribution in [-0.2, 0) is 0 Å². The molecule has 1 rings (SSSR count). The number of aliphatic imine (C=N–C) groups is 1. The maximum Gasteiger partial charge on any atom is 0.269 e. The zero-order valence-electron chi connectivity index (χ0n) is 9.83. The number of aliphatic hydroxyl groups is 4. The Morgan fingerprint density at radius 3 is 2.32 bits per heavy atom. The monoisotopic (exact) mass is 270 g/mol. The van der Waals surface area contributed by atoms with Crippen LogP contribution >= 0.6 is 0 Å². The summed E-state index contributed by atoms with van der Waals surface area (Å²) in [6.45, 7) is -0.691. The highest BCUT2D eigenvalue weighted by atomic mass is 16.6. The lowest BCUT2D eigenvalue weighted by Crippen LogP contribution is -2.40. The smallest absolute Gasteiger partial charge is 0.269 e. The van der Waals surface area contributed by atoms with Gasteiger partial charge in [-0.2, -0.15) is 0 Å². The van der Waals surface area contributed by atoms with Gasteiger partial charge < -0.3 is 20.4 Å². The molecule has 0 aliphatic rings. The van der Waals surface area contributed by atoms with Crippen LogP contribution in [0.25, 0.3) is 0 Å². The van der Waals surface area contributed by atoms with Gasteiger partial charge in [-0.3, -0.25) is 15.1 Å². The molecule has 1 aromatic rings. The van der Waals surface area contributed by atoms with Crippen LogP contribution in [0, 0.1) is 10.1 Å². The van der Waals surface area contributed by atoms with Crippen molar-refractivity contribution in [2.75, 3.05) is 6.61 Å². The van der Waals surface area contributed by atoms with Crippen molar-refractivity contribution in [1.29, 1.82) is 0 Å². The zero-order valence-corrected chi connectivity index (χ0v) is 9.83. The van der Waals surface area contributed by atoms with Gasteiger partial charge in [0.1, 0.15) is 18.3 Å². The van der Waals surface area contributed by atoms with Crippen LogP contribution in [0.2, 0.25) is 0 Å². The van der Waals surface area contributed by atoms with Gasteiger partial charge in [-0.05, 0) is 12.1 Å². The van der Waals surface area contributed by atoms with Crippen LogP contribution in [0.15, 0.2) is 29.3 Å². The number of nitro groups is 1. The van der Waals surface area contributed by atoms with Gasteiger partial charge in [-0.1, -0.05) is 0 Å². The van der Waals surface area contributed by atoms with Crippen LogP contribution in [-0.4, -0.2) is 56.5 Å². The first kappa shape index (κ1) is 15.2. The third-order valence-electron chi connectivity index (χ3n) is 2.37. The van der Waals surface area contributed by atoms with Gasteiger partial charge in [-0.25, -0.2) is 0 Å². The minimum absolute atomic E-state index is 0.0877. The highest BCUT2D eigenvalue weighted by Gasteiger charge is 2.22. The molecule has 0 saturated heterocycles. The van der Waals surface area contributed by atoms with E-state index in [4.69, 9.17) is 10.2 Å². The average Bonchev–Trinajstić information content (AvgIpc) is 2.43. The second-order valence-corrected chi connectivity index (χ2v) is 3.78. The first-order chi connectivity index (χ1) is 8.95. The minimum Gasteiger partial charge on any atom is -0.394 e. The first-order valence-electron chi connectivity index (χ1n) is 5.39. The third-order valence-corrected chi connectivity index (χ3v) is 2.37. The molecule has 8 heteroatoms. The molecule has 3 unspecified atom stereocenters. The van der Waals surface area contributed by atoms with E-state index in [0.717, 1.165) is 6.21 Å². The fourth-order valence-electron chi connectivity index (χ4n) is 1.25. The fourth-order valence-corrected chi connectivity index (χ4v) is 1.25. The van der Waals surface area contributed by atoms with Gasteiger partial charge in [0.2, 0.25) is 0 Å². The lowest BCUT2D eigenvalue weighted by atomic mass is 10.1. The van der Waals surface area contributed by atoms with E-state index >= 15 is 0 Å². The fraction of sp³-hybridized carbons (Fsp3) is 0.364. The Balaban J connectivity index is 2.68. The zero-order chi connectivity index (χ0) is 14.4. The molecule has 19 heavy (non-hydrogen) atoms. The summed E-state index contributed by atoms with van der Waals surface area (Å²) in [5, 5.41) is 46.9. The summed E-state index contributed by atoms with van der Waals surface area (Å²) in [5.41, 5.74) is 0.255. The quantitative estimate of drug-likeness (QED) is 0.308. The van der Waals surface area contributed by atoms with Crippen LogP contribution in [0.4, 0.5) is 11.4 Å². The summed E-state index contributed by atoms with van der Waals surface area (Å²) in [6, 6.07) is 5.24. The molecule has 8 nitrogen and oxygen atoms in total. The summed E-state index contributed by atoms with van der Waals surface area (Å²) in [6.07, 6.45) is -3.52. The molecular weight excluding hydrogens is 256 g/mol. The number of aliphatic hydroxyl groups excluding tert-OH is 4. The minimum atomic E-state index is -1.56. The lowest BCUT2D eigenvalue weighted by Gasteiger charge is -2.18. The summed E-state index contributed by atoms with van der Waals surface area (Å²) < 4.78 is 0. The van der Waals surface area contributed by atoms with E-state index in [2.05, 4.69) is 4.99 Å². The second-order valence-electron chi connectivity index (χ2n) is 3.78. The maximum atomic E-state index is 10.4. The van der Waals surface area contributed by atoms with Crippen molar-refractivity contribution in [1.82, 2.24) is 0 Å². The van der Waals surface area contributed by atoms with Crippen molar-refractivity contribution in [2.45, 2.75) is 18.3 Å². The molecule has 0 aromatic heterocycles. The number of hydrogen-bond donors (Lipinski definition) is 4. The molecule has 0 saturated carbocycles. The van der Waals surface area contributed by atoms with Crippen LogP contribution in [0.5, 0.6) is 0 Å². The molecule has 0 bridgehead atoms. The van der Waals surface area contributed by atoms with Gasteiger partial charge in [0.15, 0.2) is 0 Å². The van der Waals surface area contributed by atoms with E-state index in [-0.39, 0.29) is 5.69 Å². The lowest BCUT2D eigenvalue weighted by molar-refractivity contribution is -0.384. The largest absolute Gasteiger partial charge is 0.394 e. The maximum absolute atomic E-state index is 10.4. The Kier molecular flexibility index (Phi) is 5.52. The molecule has 0 aliphatic heterocycles. The third kappa shape index (κ3) is 4.38. The molecule has 3 atom stereocenters. The van der Waals surface area contributed by atoms with Gasteiger partial charge >= 0.3 is 0 Å². The molecule has 104 valence electrons. The van der Waals surface area contributed by atoms with Gasteiger partial charge in [0, 0.05) is 18.3 Å². The first-order valence-corrected chi connectivity index (χ1v) is 5.39. The predicted molar refractivity (Wildman–Crippen MR) is 66.4 cm³/mol. The van der Waals surface area contributed by atoms with Crippen molar-refractivity contribution >= 4 is 17.6 Å². The number of nitrogens with zero attached hydrogens (tertiary/aromatic N) is 2. The Bertz CT molecular complexity index is 447. The Labute approximate surface area is 108 Å². The highest BCUT2D eigenvalue weighted by Crippen LogP contribution is 2.17. The van der Waals surface area contributed by atoms with E-state index in [1.807, 2.05) is 0 Å². The summed E-state index contributed by atoms with van der Waals surface area (Å²) in [5.74, 6) is 0.